The standard InChI is InChI=1S/C28H27ClN6O2/c1-5-9-18(8-4)22-16-36-27(31-22)25-24-15-34-26(32-33-28(34)37-20(10-6-2)11-7-3)21-14-19(29)12-13-23(21)35(24)17-30-25/h5-6,8-14,17,22H,1,4,7,15-16H2,2-3H3/b10-6-,18-9+,20-11+/t22-/m0/s1. The number of rotatable bonds is 8. The summed E-state index contributed by atoms with van der Waals surface area (Å²) in [7, 11) is 0. The highest BCUT2D eigenvalue weighted by molar-refractivity contribution is 6.31. The van der Waals surface area contributed by atoms with E-state index in [4.69, 9.17) is 31.1 Å². The maximum absolute atomic E-state index is 6.40. The van der Waals surface area contributed by atoms with E-state index in [1.54, 1.807) is 18.5 Å². The molecule has 0 bridgehead atoms. The van der Waals surface area contributed by atoms with Crippen LogP contribution in [0.4, 0.5) is 0 Å². The molecule has 1 aromatic carbocycles. The summed E-state index contributed by atoms with van der Waals surface area (Å²) in [4.78, 5) is 9.52. The van der Waals surface area contributed by atoms with Crippen LogP contribution in [0.25, 0.3) is 17.1 Å². The number of aromatic nitrogens is 5. The van der Waals surface area contributed by atoms with Crippen LogP contribution in [-0.4, -0.2) is 42.9 Å². The molecule has 1 atom stereocenters. The van der Waals surface area contributed by atoms with E-state index in [1.165, 1.54) is 0 Å². The lowest BCUT2D eigenvalue weighted by atomic mass is 10.1. The highest BCUT2D eigenvalue weighted by Gasteiger charge is 2.31. The topological polar surface area (TPSA) is 79.4 Å². The van der Waals surface area contributed by atoms with Gasteiger partial charge in [-0.25, -0.2) is 9.98 Å². The molecule has 9 heteroatoms. The number of aliphatic imine (C=N–C) groups is 1. The first-order valence-electron chi connectivity index (χ1n) is 12.0. The summed E-state index contributed by atoms with van der Waals surface area (Å²) >= 11 is 6.40. The fraction of sp³-hybridized carbons (Fsp3) is 0.214. The molecule has 0 saturated heterocycles. The first-order chi connectivity index (χ1) is 18.1. The number of benzene rings is 1. The van der Waals surface area contributed by atoms with Crippen molar-refractivity contribution in [3.05, 3.63) is 102 Å². The number of ether oxygens (including phenoxy) is 2. The molecule has 0 radical (unpaired) electrons. The third-order valence-electron chi connectivity index (χ3n) is 6.08. The van der Waals surface area contributed by atoms with Gasteiger partial charge in [0.1, 0.15) is 30.4 Å². The first-order valence-corrected chi connectivity index (χ1v) is 12.4. The van der Waals surface area contributed by atoms with Crippen LogP contribution >= 0.6 is 11.6 Å². The zero-order chi connectivity index (χ0) is 25.9. The molecule has 0 saturated carbocycles. The molecule has 0 spiro atoms. The van der Waals surface area contributed by atoms with Crippen molar-refractivity contribution in [2.24, 2.45) is 4.99 Å². The van der Waals surface area contributed by atoms with Crippen molar-refractivity contribution in [3.63, 3.8) is 0 Å². The molecule has 0 aliphatic carbocycles. The van der Waals surface area contributed by atoms with Crippen molar-refractivity contribution >= 4 is 17.5 Å². The van der Waals surface area contributed by atoms with Crippen LogP contribution in [-0.2, 0) is 11.3 Å². The molecular weight excluding hydrogens is 488 g/mol. The largest absolute Gasteiger partial charge is 0.474 e. The zero-order valence-electron chi connectivity index (χ0n) is 20.8. The Labute approximate surface area is 220 Å². The fourth-order valence-electron chi connectivity index (χ4n) is 4.40. The highest BCUT2D eigenvalue weighted by Crippen LogP contribution is 2.36. The quantitative estimate of drug-likeness (QED) is 0.218. The van der Waals surface area contributed by atoms with Gasteiger partial charge in [-0.3, -0.25) is 9.13 Å². The smallest absolute Gasteiger partial charge is 0.323 e. The first kappa shape index (κ1) is 24.5. The predicted molar refractivity (Wildman–Crippen MR) is 145 cm³/mol. The lowest BCUT2D eigenvalue weighted by Gasteiger charge is -2.10. The predicted octanol–water partition coefficient (Wildman–Crippen LogP) is 5.84. The third-order valence-corrected chi connectivity index (χ3v) is 6.32. The van der Waals surface area contributed by atoms with Crippen LogP contribution in [0.5, 0.6) is 6.01 Å². The van der Waals surface area contributed by atoms with E-state index in [-0.39, 0.29) is 6.04 Å². The molecule has 2 aliphatic heterocycles. The Morgan fingerprint density at radius 2 is 2.16 bits per heavy atom. The normalized spacial score (nSPS) is 16.9. The van der Waals surface area contributed by atoms with Gasteiger partial charge in [0.15, 0.2) is 5.82 Å². The second-order valence-electron chi connectivity index (χ2n) is 8.45. The Morgan fingerprint density at radius 1 is 1.30 bits per heavy atom. The van der Waals surface area contributed by atoms with Gasteiger partial charge in [0.25, 0.3) is 0 Å². The minimum absolute atomic E-state index is 0.174. The van der Waals surface area contributed by atoms with Gasteiger partial charge in [-0.2, -0.15) is 0 Å². The van der Waals surface area contributed by atoms with E-state index in [0.717, 1.165) is 28.9 Å². The number of hydrogen-bond donors (Lipinski definition) is 0. The Morgan fingerprint density at radius 3 is 2.92 bits per heavy atom. The minimum atomic E-state index is -0.174. The highest BCUT2D eigenvalue weighted by atomic mass is 35.5. The maximum Gasteiger partial charge on any atom is 0.323 e. The molecule has 0 fully saturated rings. The van der Waals surface area contributed by atoms with Gasteiger partial charge >= 0.3 is 6.01 Å². The summed E-state index contributed by atoms with van der Waals surface area (Å²) in [6, 6.07) is 5.86. The van der Waals surface area contributed by atoms with Gasteiger partial charge < -0.3 is 9.47 Å². The summed E-state index contributed by atoms with van der Waals surface area (Å²) < 4.78 is 16.2. The lowest BCUT2D eigenvalue weighted by molar-refractivity contribution is 0.328. The van der Waals surface area contributed by atoms with Gasteiger partial charge in [0.05, 0.1) is 17.9 Å². The molecule has 4 heterocycles. The van der Waals surface area contributed by atoms with Gasteiger partial charge in [-0.05, 0) is 49.3 Å². The molecule has 2 aromatic heterocycles. The van der Waals surface area contributed by atoms with E-state index in [2.05, 4.69) is 30.3 Å². The van der Waals surface area contributed by atoms with Crippen LogP contribution < -0.4 is 4.74 Å². The van der Waals surface area contributed by atoms with Crippen molar-refractivity contribution < 1.29 is 9.47 Å². The van der Waals surface area contributed by atoms with E-state index in [0.29, 0.717) is 47.4 Å². The average molecular weight is 515 g/mol. The average Bonchev–Trinajstić information content (AvgIpc) is 3.61. The lowest BCUT2D eigenvalue weighted by Crippen LogP contribution is -2.12. The fourth-order valence-corrected chi connectivity index (χ4v) is 4.58. The Bertz CT molecular complexity index is 1490. The Hall–Kier alpha value is -4.17. The van der Waals surface area contributed by atoms with Crippen LogP contribution in [0.3, 0.4) is 0 Å². The van der Waals surface area contributed by atoms with Gasteiger partial charge in [-0.15, -0.1) is 5.10 Å². The summed E-state index contributed by atoms with van der Waals surface area (Å²) in [5.41, 5.74) is 4.15. The maximum atomic E-state index is 6.40. The molecule has 3 aromatic rings. The molecule has 0 amide bonds. The van der Waals surface area contributed by atoms with Crippen molar-refractivity contribution in [2.45, 2.75) is 32.9 Å². The monoisotopic (exact) mass is 514 g/mol. The van der Waals surface area contributed by atoms with Crippen LogP contribution in [0.2, 0.25) is 5.02 Å². The molecule has 0 unspecified atom stereocenters. The summed E-state index contributed by atoms with van der Waals surface area (Å²) in [5.74, 6) is 1.82. The van der Waals surface area contributed by atoms with E-state index in [9.17, 15) is 0 Å². The third kappa shape index (κ3) is 4.56. The van der Waals surface area contributed by atoms with Gasteiger partial charge in [0, 0.05) is 10.6 Å². The minimum Gasteiger partial charge on any atom is -0.474 e. The Balaban J connectivity index is 1.63. The van der Waals surface area contributed by atoms with Crippen LogP contribution in [0, 0.1) is 0 Å². The number of halogens is 1. The number of allylic oxidation sites excluding steroid dienone is 5. The molecule has 0 N–H and O–H groups in total. The van der Waals surface area contributed by atoms with Gasteiger partial charge in [0.2, 0.25) is 5.90 Å². The number of imidazole rings is 1. The molecular formula is C28H27ClN6O2. The summed E-state index contributed by atoms with van der Waals surface area (Å²) in [6.07, 6.45) is 13.8. The van der Waals surface area contributed by atoms with Crippen molar-refractivity contribution in [2.75, 3.05) is 6.61 Å². The summed E-state index contributed by atoms with van der Waals surface area (Å²) in [6.45, 7) is 12.5. The second-order valence-corrected chi connectivity index (χ2v) is 8.88. The van der Waals surface area contributed by atoms with Crippen LogP contribution in [0.15, 0.2) is 90.5 Å². The van der Waals surface area contributed by atoms with Crippen LogP contribution in [0.1, 0.15) is 31.7 Å². The van der Waals surface area contributed by atoms with Crippen molar-refractivity contribution in [1.29, 1.82) is 0 Å². The summed E-state index contributed by atoms with van der Waals surface area (Å²) in [5, 5.41) is 9.46. The Kier molecular flexibility index (Phi) is 6.92. The van der Waals surface area contributed by atoms with E-state index < -0.39 is 0 Å². The molecule has 37 heavy (non-hydrogen) atoms. The zero-order valence-corrected chi connectivity index (χ0v) is 21.5. The number of fused-ring (bicyclic) bond motifs is 5. The SMILES string of the molecule is C=C/C=C(\C=C)[C@@H]1COC(c2ncn3c2Cn2c(OC(/C=C\C)=C/CC)nnc2-c2cc(Cl)ccc2-3)=N1. The molecule has 5 rings (SSSR count). The number of nitrogens with zero attached hydrogens (tertiary/aromatic N) is 6. The van der Waals surface area contributed by atoms with Gasteiger partial charge in [-0.1, -0.05) is 61.1 Å². The van der Waals surface area contributed by atoms with E-state index in [1.807, 2.05) is 58.6 Å². The second kappa shape index (κ2) is 10.4. The molecule has 2 aliphatic rings. The van der Waals surface area contributed by atoms with E-state index >= 15 is 0 Å². The van der Waals surface area contributed by atoms with Crippen molar-refractivity contribution in [3.8, 4) is 23.1 Å². The number of hydrogen-bond acceptors (Lipinski definition) is 6. The molecule has 188 valence electrons. The van der Waals surface area contributed by atoms with Crippen molar-refractivity contribution in [1.82, 2.24) is 24.3 Å². The molecule has 8 nitrogen and oxygen atoms in total.